The van der Waals surface area contributed by atoms with E-state index in [0.717, 1.165) is 0 Å². The van der Waals surface area contributed by atoms with E-state index in [0.29, 0.717) is 15.7 Å². The lowest BCUT2D eigenvalue weighted by molar-refractivity contribution is 0.00319. The third-order valence-corrected chi connectivity index (χ3v) is 3.13. The fourth-order valence-corrected chi connectivity index (χ4v) is 1.59. The van der Waals surface area contributed by atoms with Crippen LogP contribution in [-0.4, -0.2) is 34.9 Å². The van der Waals surface area contributed by atoms with Crippen molar-refractivity contribution in [3.05, 3.63) is 28.2 Å². The molecule has 1 aromatic rings. The van der Waals surface area contributed by atoms with Gasteiger partial charge in [0, 0.05) is 12.2 Å². The average Bonchev–Trinajstić information content (AvgIpc) is 2.30. The summed E-state index contributed by atoms with van der Waals surface area (Å²) in [7, 11) is 0. The van der Waals surface area contributed by atoms with Gasteiger partial charge >= 0.3 is 0 Å². The van der Waals surface area contributed by atoms with E-state index in [4.69, 9.17) is 10.8 Å². The number of aliphatic hydroxyl groups excluding tert-OH is 1. The second kappa shape index (κ2) is 5.48. The quantitative estimate of drug-likeness (QED) is 0.609. The van der Waals surface area contributed by atoms with Gasteiger partial charge in [0.05, 0.1) is 16.6 Å². The van der Waals surface area contributed by atoms with E-state index in [1.807, 2.05) is 0 Å². The van der Waals surface area contributed by atoms with E-state index in [1.54, 1.807) is 18.2 Å². The van der Waals surface area contributed by atoms with E-state index in [-0.39, 0.29) is 12.5 Å². The van der Waals surface area contributed by atoms with Crippen molar-refractivity contribution in [3.63, 3.8) is 0 Å². The molecule has 0 radical (unpaired) electrons. The van der Waals surface area contributed by atoms with Crippen LogP contribution in [0.25, 0.3) is 0 Å². The van der Waals surface area contributed by atoms with Crippen molar-refractivity contribution in [1.82, 2.24) is 5.32 Å². The number of rotatable bonds is 4. The lowest BCUT2D eigenvalue weighted by Crippen LogP contribution is -2.43. The zero-order valence-corrected chi connectivity index (χ0v) is 11.0. The SMILES string of the molecule is CC(O)(CO)CNC(=O)c1cccc(N)c1Br. The maximum Gasteiger partial charge on any atom is 0.252 e. The molecule has 0 aliphatic heterocycles. The fourth-order valence-electron chi connectivity index (χ4n) is 1.15. The van der Waals surface area contributed by atoms with Crippen LogP contribution in [0.15, 0.2) is 22.7 Å². The van der Waals surface area contributed by atoms with Gasteiger partial charge in [-0.2, -0.15) is 0 Å². The molecule has 1 aromatic carbocycles. The molecular formula is C11H15BrN2O3. The molecule has 0 aliphatic carbocycles. The molecular weight excluding hydrogens is 288 g/mol. The molecule has 0 saturated heterocycles. The Bertz CT molecular complexity index is 421. The van der Waals surface area contributed by atoms with E-state index in [2.05, 4.69) is 21.2 Å². The number of aliphatic hydroxyl groups is 2. The van der Waals surface area contributed by atoms with Gasteiger partial charge in [0.2, 0.25) is 0 Å². The van der Waals surface area contributed by atoms with Gasteiger partial charge in [0.1, 0.15) is 5.60 Å². The monoisotopic (exact) mass is 302 g/mol. The number of amides is 1. The van der Waals surface area contributed by atoms with Crippen molar-refractivity contribution in [2.24, 2.45) is 0 Å². The Morgan fingerprint density at radius 1 is 1.59 bits per heavy atom. The van der Waals surface area contributed by atoms with E-state index in [9.17, 15) is 9.90 Å². The van der Waals surface area contributed by atoms with Crippen molar-refractivity contribution in [1.29, 1.82) is 0 Å². The number of carbonyl (C=O) groups is 1. The standard InChI is InChI=1S/C11H15BrN2O3/c1-11(17,6-15)5-14-10(16)7-3-2-4-8(13)9(7)12/h2-4,15,17H,5-6,13H2,1H3,(H,14,16). The summed E-state index contributed by atoms with van der Waals surface area (Å²) in [5.74, 6) is -0.363. The van der Waals surface area contributed by atoms with Crippen LogP contribution < -0.4 is 11.1 Å². The van der Waals surface area contributed by atoms with Crippen molar-refractivity contribution in [3.8, 4) is 0 Å². The largest absolute Gasteiger partial charge is 0.398 e. The first kappa shape index (κ1) is 14.0. The van der Waals surface area contributed by atoms with Crippen LogP contribution in [0.2, 0.25) is 0 Å². The molecule has 1 atom stereocenters. The smallest absolute Gasteiger partial charge is 0.252 e. The number of nitrogens with one attached hydrogen (secondary N) is 1. The highest BCUT2D eigenvalue weighted by atomic mass is 79.9. The summed E-state index contributed by atoms with van der Waals surface area (Å²) in [4.78, 5) is 11.8. The average molecular weight is 303 g/mol. The van der Waals surface area contributed by atoms with Gasteiger partial charge in [-0.3, -0.25) is 4.79 Å². The number of nitrogen functional groups attached to an aromatic ring is 1. The van der Waals surface area contributed by atoms with Gasteiger partial charge in [0.15, 0.2) is 0 Å². The summed E-state index contributed by atoms with van der Waals surface area (Å²) in [6.45, 7) is 0.969. The summed E-state index contributed by atoms with van der Waals surface area (Å²) in [6.07, 6.45) is 0. The van der Waals surface area contributed by atoms with Crippen molar-refractivity contribution in [2.45, 2.75) is 12.5 Å². The number of anilines is 1. The van der Waals surface area contributed by atoms with Gasteiger partial charge in [-0.05, 0) is 35.0 Å². The molecule has 0 aliphatic rings. The molecule has 1 unspecified atom stereocenters. The number of nitrogens with two attached hydrogens (primary N) is 1. The van der Waals surface area contributed by atoms with Gasteiger partial charge in [-0.15, -0.1) is 0 Å². The molecule has 0 aromatic heterocycles. The molecule has 94 valence electrons. The highest BCUT2D eigenvalue weighted by Gasteiger charge is 2.21. The van der Waals surface area contributed by atoms with Gasteiger partial charge < -0.3 is 21.3 Å². The molecule has 17 heavy (non-hydrogen) atoms. The van der Waals surface area contributed by atoms with E-state index < -0.39 is 12.2 Å². The molecule has 5 nitrogen and oxygen atoms in total. The zero-order valence-electron chi connectivity index (χ0n) is 9.40. The van der Waals surface area contributed by atoms with Crippen LogP contribution in [0.5, 0.6) is 0 Å². The molecule has 1 rings (SSSR count). The first-order valence-electron chi connectivity index (χ1n) is 5.03. The third kappa shape index (κ3) is 3.69. The van der Waals surface area contributed by atoms with Gasteiger partial charge in [-0.1, -0.05) is 6.07 Å². The molecule has 0 bridgehead atoms. The van der Waals surface area contributed by atoms with Crippen molar-refractivity contribution < 1.29 is 15.0 Å². The zero-order chi connectivity index (χ0) is 13.1. The minimum Gasteiger partial charge on any atom is -0.398 e. The number of hydrogen-bond donors (Lipinski definition) is 4. The van der Waals surface area contributed by atoms with E-state index in [1.165, 1.54) is 6.92 Å². The normalized spacial score (nSPS) is 14.1. The van der Waals surface area contributed by atoms with Crippen LogP contribution in [-0.2, 0) is 0 Å². The van der Waals surface area contributed by atoms with Crippen LogP contribution >= 0.6 is 15.9 Å². The third-order valence-electron chi connectivity index (χ3n) is 2.24. The molecule has 0 spiro atoms. The molecule has 0 heterocycles. The van der Waals surface area contributed by atoms with Gasteiger partial charge in [-0.25, -0.2) is 0 Å². The maximum atomic E-state index is 11.8. The molecule has 0 saturated carbocycles. The second-order valence-electron chi connectivity index (χ2n) is 4.05. The number of carbonyl (C=O) groups excluding carboxylic acids is 1. The molecule has 6 heteroatoms. The highest BCUT2D eigenvalue weighted by Crippen LogP contribution is 2.23. The minimum absolute atomic E-state index is 0.0381. The van der Waals surface area contributed by atoms with Crippen LogP contribution in [0.3, 0.4) is 0 Å². The van der Waals surface area contributed by atoms with Crippen LogP contribution in [0.4, 0.5) is 5.69 Å². The van der Waals surface area contributed by atoms with Crippen molar-refractivity contribution >= 4 is 27.5 Å². The first-order valence-corrected chi connectivity index (χ1v) is 5.82. The number of benzene rings is 1. The number of hydrogen-bond acceptors (Lipinski definition) is 4. The Kier molecular flexibility index (Phi) is 4.50. The Balaban J connectivity index is 2.74. The Hall–Kier alpha value is -1.11. The Morgan fingerprint density at radius 3 is 2.82 bits per heavy atom. The lowest BCUT2D eigenvalue weighted by Gasteiger charge is -2.20. The molecule has 5 N–H and O–H groups in total. The summed E-state index contributed by atoms with van der Waals surface area (Å²) in [5.41, 5.74) is 5.17. The maximum absolute atomic E-state index is 11.8. The van der Waals surface area contributed by atoms with Crippen LogP contribution in [0, 0.1) is 0 Å². The van der Waals surface area contributed by atoms with E-state index >= 15 is 0 Å². The minimum atomic E-state index is -1.33. The summed E-state index contributed by atoms with van der Waals surface area (Å²) in [5, 5.41) is 20.9. The summed E-state index contributed by atoms with van der Waals surface area (Å²) < 4.78 is 0.515. The number of halogens is 1. The molecule has 1 amide bonds. The molecule has 0 fully saturated rings. The van der Waals surface area contributed by atoms with Crippen molar-refractivity contribution in [2.75, 3.05) is 18.9 Å². The topological polar surface area (TPSA) is 95.6 Å². The van der Waals surface area contributed by atoms with Gasteiger partial charge in [0.25, 0.3) is 5.91 Å². The second-order valence-corrected chi connectivity index (χ2v) is 4.84. The first-order chi connectivity index (χ1) is 7.87. The Morgan fingerprint density at radius 2 is 2.24 bits per heavy atom. The highest BCUT2D eigenvalue weighted by molar-refractivity contribution is 9.10. The predicted octanol–water partition coefficient (Wildman–Crippen LogP) is 0.504. The van der Waals surface area contributed by atoms with Crippen LogP contribution in [0.1, 0.15) is 17.3 Å². The Labute approximate surface area is 108 Å². The predicted molar refractivity (Wildman–Crippen MR) is 68.6 cm³/mol. The summed E-state index contributed by atoms with van der Waals surface area (Å²) in [6, 6.07) is 4.95. The lowest BCUT2D eigenvalue weighted by atomic mass is 10.1. The fraction of sp³-hybridized carbons (Fsp3) is 0.364. The summed E-state index contributed by atoms with van der Waals surface area (Å²) >= 11 is 3.22.